The van der Waals surface area contributed by atoms with Crippen molar-refractivity contribution in [2.45, 2.75) is 19.9 Å². The summed E-state index contributed by atoms with van der Waals surface area (Å²) in [4.78, 5) is 41.3. The van der Waals surface area contributed by atoms with E-state index in [0.29, 0.717) is 11.3 Å². The van der Waals surface area contributed by atoms with E-state index in [2.05, 4.69) is 25.8 Å². The molecule has 0 unspecified atom stereocenters. The lowest BCUT2D eigenvalue weighted by atomic mass is 10.1. The van der Waals surface area contributed by atoms with Crippen molar-refractivity contribution in [2.75, 3.05) is 10.6 Å². The Balaban J connectivity index is 1.79. The van der Waals surface area contributed by atoms with Crippen molar-refractivity contribution in [1.82, 2.24) is 20.1 Å². The van der Waals surface area contributed by atoms with Crippen molar-refractivity contribution < 1.29 is 14.4 Å². The van der Waals surface area contributed by atoms with Crippen molar-refractivity contribution in [3.05, 3.63) is 35.7 Å². The molecular weight excluding hydrogens is 300 g/mol. The number of benzene rings is 1. The van der Waals surface area contributed by atoms with E-state index in [9.17, 15) is 14.4 Å². The van der Waals surface area contributed by atoms with Crippen LogP contribution in [-0.2, 0) is 0 Å². The van der Waals surface area contributed by atoms with Gasteiger partial charge in [-0.15, -0.1) is 0 Å². The highest BCUT2D eigenvalue weighted by Crippen LogP contribution is 2.27. The van der Waals surface area contributed by atoms with Gasteiger partial charge in [-0.1, -0.05) is 0 Å². The number of aromatic amines is 1. The van der Waals surface area contributed by atoms with Crippen LogP contribution in [0.5, 0.6) is 0 Å². The number of imide groups is 1. The van der Waals surface area contributed by atoms with Crippen LogP contribution in [0.2, 0.25) is 0 Å². The Morgan fingerprint density at radius 1 is 1.17 bits per heavy atom. The van der Waals surface area contributed by atoms with Crippen LogP contribution in [0.4, 0.5) is 16.4 Å². The molecule has 1 aromatic carbocycles. The molecule has 0 aliphatic carbocycles. The average molecular weight is 314 g/mol. The molecule has 0 bridgehead atoms. The van der Waals surface area contributed by atoms with Crippen molar-refractivity contribution in [3.63, 3.8) is 0 Å². The van der Waals surface area contributed by atoms with Crippen LogP contribution in [-0.4, -0.2) is 44.0 Å². The minimum absolute atomic E-state index is 0.195. The number of carbonyl (C=O) groups is 3. The van der Waals surface area contributed by atoms with Gasteiger partial charge in [-0.2, -0.15) is 10.1 Å². The van der Waals surface area contributed by atoms with Gasteiger partial charge in [0.15, 0.2) is 0 Å². The summed E-state index contributed by atoms with van der Waals surface area (Å²) in [6.45, 7) is 3.54. The second-order valence-corrected chi connectivity index (χ2v) is 5.25. The van der Waals surface area contributed by atoms with Gasteiger partial charge in [-0.3, -0.25) is 19.8 Å². The van der Waals surface area contributed by atoms with Gasteiger partial charge in [-0.05, 0) is 32.0 Å². The molecule has 3 rings (SSSR count). The summed E-state index contributed by atoms with van der Waals surface area (Å²) >= 11 is 0. The average Bonchev–Trinajstić information content (AvgIpc) is 3.06. The molecule has 1 aliphatic heterocycles. The summed E-state index contributed by atoms with van der Waals surface area (Å²) in [7, 11) is 0. The van der Waals surface area contributed by atoms with E-state index in [1.54, 1.807) is 19.9 Å². The van der Waals surface area contributed by atoms with E-state index in [1.807, 2.05) is 0 Å². The van der Waals surface area contributed by atoms with Gasteiger partial charge in [0.2, 0.25) is 5.95 Å². The molecule has 4 amide bonds. The summed E-state index contributed by atoms with van der Waals surface area (Å²) in [5.74, 6) is -0.488. The summed E-state index contributed by atoms with van der Waals surface area (Å²) in [5.41, 5.74) is 1.01. The number of carbonyl (C=O) groups excluding carboxylic acids is 3. The lowest BCUT2D eigenvalue weighted by Gasteiger charge is -2.17. The van der Waals surface area contributed by atoms with Crippen LogP contribution in [0.1, 0.15) is 34.6 Å². The van der Waals surface area contributed by atoms with E-state index in [0.717, 1.165) is 0 Å². The molecule has 9 nitrogen and oxygen atoms in total. The summed E-state index contributed by atoms with van der Waals surface area (Å²) in [6, 6.07) is 3.81. The number of nitrogens with zero attached hydrogens (tertiary/aromatic N) is 3. The van der Waals surface area contributed by atoms with Gasteiger partial charge in [-0.25, -0.2) is 9.89 Å². The van der Waals surface area contributed by atoms with Crippen molar-refractivity contribution in [3.8, 4) is 0 Å². The fourth-order valence-corrected chi connectivity index (χ4v) is 2.34. The molecule has 0 atom stereocenters. The zero-order valence-corrected chi connectivity index (χ0v) is 12.5. The molecule has 0 saturated heterocycles. The van der Waals surface area contributed by atoms with Gasteiger partial charge < -0.3 is 5.32 Å². The van der Waals surface area contributed by atoms with Crippen LogP contribution < -0.4 is 10.6 Å². The Hall–Kier alpha value is -3.23. The molecule has 0 radical (unpaired) electrons. The van der Waals surface area contributed by atoms with Crippen LogP contribution >= 0.6 is 0 Å². The molecule has 1 aliphatic rings. The number of anilines is 2. The van der Waals surface area contributed by atoms with E-state index < -0.39 is 6.03 Å². The summed E-state index contributed by atoms with van der Waals surface area (Å²) in [5, 5.41) is 11.1. The molecule has 3 N–H and O–H groups in total. The zero-order valence-electron chi connectivity index (χ0n) is 12.5. The third kappa shape index (κ3) is 2.63. The fraction of sp³-hybridized carbons (Fsp3) is 0.214. The van der Waals surface area contributed by atoms with Crippen molar-refractivity contribution >= 4 is 29.5 Å². The summed E-state index contributed by atoms with van der Waals surface area (Å²) in [6.07, 6.45) is 1.26. The SMILES string of the molecule is CC(C)N1C(=O)c2ccc(NC(=O)Nc3ncn[nH]3)cc2C1=O. The van der Waals surface area contributed by atoms with Crippen LogP contribution in [0.25, 0.3) is 0 Å². The number of H-pyrrole nitrogens is 1. The first kappa shape index (κ1) is 14.7. The molecular formula is C14H14N6O3. The topological polar surface area (TPSA) is 120 Å². The first-order valence-corrected chi connectivity index (χ1v) is 6.92. The van der Waals surface area contributed by atoms with Crippen molar-refractivity contribution in [1.29, 1.82) is 0 Å². The smallest absolute Gasteiger partial charge is 0.308 e. The summed E-state index contributed by atoms with van der Waals surface area (Å²) < 4.78 is 0. The van der Waals surface area contributed by atoms with Gasteiger partial charge in [0.1, 0.15) is 6.33 Å². The monoisotopic (exact) mass is 314 g/mol. The molecule has 9 heteroatoms. The Morgan fingerprint density at radius 2 is 1.91 bits per heavy atom. The lowest BCUT2D eigenvalue weighted by molar-refractivity contribution is 0.0609. The fourth-order valence-electron chi connectivity index (χ4n) is 2.34. The number of nitrogens with one attached hydrogen (secondary N) is 3. The third-order valence-electron chi connectivity index (χ3n) is 3.34. The minimum Gasteiger partial charge on any atom is -0.308 e. The number of amides is 4. The van der Waals surface area contributed by atoms with E-state index in [4.69, 9.17) is 0 Å². The Kier molecular flexibility index (Phi) is 3.53. The standard InChI is InChI=1S/C14H14N6O3/c1-7(2)20-11(21)9-4-3-8(5-10(9)12(20)22)17-14(23)18-13-15-6-16-19-13/h3-7H,1-2H3,(H3,15,16,17,18,19,23). The maximum absolute atomic E-state index is 12.3. The molecule has 2 heterocycles. The van der Waals surface area contributed by atoms with Gasteiger partial charge in [0.25, 0.3) is 11.8 Å². The maximum Gasteiger partial charge on any atom is 0.326 e. The third-order valence-corrected chi connectivity index (χ3v) is 3.34. The molecule has 118 valence electrons. The number of rotatable bonds is 3. The highest BCUT2D eigenvalue weighted by molar-refractivity contribution is 6.22. The second-order valence-electron chi connectivity index (χ2n) is 5.25. The number of urea groups is 1. The molecule has 0 saturated carbocycles. The predicted octanol–water partition coefficient (Wildman–Crippen LogP) is 1.45. The Morgan fingerprint density at radius 3 is 2.57 bits per heavy atom. The second kappa shape index (κ2) is 5.52. The highest BCUT2D eigenvalue weighted by Gasteiger charge is 2.37. The quantitative estimate of drug-likeness (QED) is 0.741. The Bertz CT molecular complexity index is 784. The molecule has 1 aromatic heterocycles. The minimum atomic E-state index is -0.542. The lowest BCUT2D eigenvalue weighted by Crippen LogP contribution is -2.35. The zero-order chi connectivity index (χ0) is 16.6. The molecule has 23 heavy (non-hydrogen) atoms. The number of hydrogen-bond acceptors (Lipinski definition) is 5. The molecule has 2 aromatic rings. The van der Waals surface area contributed by atoms with Gasteiger partial charge in [0.05, 0.1) is 11.1 Å². The maximum atomic E-state index is 12.3. The first-order chi connectivity index (χ1) is 11.0. The first-order valence-electron chi connectivity index (χ1n) is 6.92. The molecule has 0 spiro atoms. The van der Waals surface area contributed by atoms with E-state index in [1.165, 1.54) is 23.4 Å². The Labute approximate surface area is 131 Å². The van der Waals surface area contributed by atoms with Crippen LogP contribution in [0.15, 0.2) is 24.5 Å². The number of fused-ring (bicyclic) bond motifs is 1. The largest absolute Gasteiger partial charge is 0.326 e. The van der Waals surface area contributed by atoms with Gasteiger partial charge >= 0.3 is 6.03 Å². The molecule has 0 fully saturated rings. The van der Waals surface area contributed by atoms with Crippen LogP contribution in [0, 0.1) is 0 Å². The van der Waals surface area contributed by atoms with E-state index in [-0.39, 0.29) is 29.4 Å². The normalized spacial score (nSPS) is 13.4. The van der Waals surface area contributed by atoms with Crippen molar-refractivity contribution in [2.24, 2.45) is 0 Å². The van der Waals surface area contributed by atoms with E-state index >= 15 is 0 Å². The van der Waals surface area contributed by atoms with Crippen LogP contribution in [0.3, 0.4) is 0 Å². The van der Waals surface area contributed by atoms with Gasteiger partial charge in [0, 0.05) is 11.7 Å². The number of hydrogen-bond donors (Lipinski definition) is 3. The predicted molar refractivity (Wildman–Crippen MR) is 81.1 cm³/mol. The highest BCUT2D eigenvalue weighted by atomic mass is 16.2. The number of aromatic nitrogens is 3.